The van der Waals surface area contributed by atoms with Crippen molar-refractivity contribution in [3.05, 3.63) is 90.0 Å². The van der Waals surface area contributed by atoms with Gasteiger partial charge < -0.3 is 0 Å². The number of aromatic nitrogens is 1. The minimum Gasteiger partial charge on any atom is -0.271 e. The molecule has 0 unspecified atom stereocenters. The molecule has 0 saturated carbocycles. The molecule has 9 heteroatoms. The van der Waals surface area contributed by atoms with Crippen molar-refractivity contribution in [2.24, 2.45) is 5.10 Å². The van der Waals surface area contributed by atoms with Crippen molar-refractivity contribution in [3.8, 4) is 0 Å². The molecule has 154 valence electrons. The van der Waals surface area contributed by atoms with Crippen molar-refractivity contribution in [1.29, 1.82) is 0 Å². The van der Waals surface area contributed by atoms with Crippen LogP contribution >= 0.6 is 0 Å². The quantitative estimate of drug-likeness (QED) is 0.465. The molecule has 1 N–H and O–H groups in total. The second-order valence-electron chi connectivity index (χ2n) is 6.36. The van der Waals surface area contributed by atoms with E-state index in [-0.39, 0.29) is 10.6 Å². The second-order valence-corrected chi connectivity index (χ2v) is 8.22. The molecule has 0 bridgehead atoms. The maximum absolute atomic E-state index is 14.4. The molecule has 0 fully saturated rings. The van der Waals surface area contributed by atoms with E-state index in [1.165, 1.54) is 36.5 Å². The largest absolute Gasteiger partial charge is 0.271 e. The monoisotopic (exact) mass is 426 g/mol. The van der Waals surface area contributed by atoms with E-state index >= 15 is 0 Å². The van der Waals surface area contributed by atoms with Crippen molar-refractivity contribution in [2.75, 3.05) is 10.8 Å². The van der Waals surface area contributed by atoms with Crippen LogP contribution in [-0.2, 0) is 14.8 Å². The number of pyridine rings is 1. The molecule has 0 aliphatic carbocycles. The number of amides is 1. The molecule has 3 aromatic rings. The Morgan fingerprint density at radius 1 is 1.13 bits per heavy atom. The van der Waals surface area contributed by atoms with E-state index in [2.05, 4.69) is 15.5 Å². The van der Waals surface area contributed by atoms with Gasteiger partial charge in [-0.15, -0.1) is 0 Å². The van der Waals surface area contributed by atoms with Gasteiger partial charge in [-0.2, -0.15) is 5.10 Å². The van der Waals surface area contributed by atoms with Crippen molar-refractivity contribution >= 4 is 27.8 Å². The molecule has 0 aliphatic heterocycles. The van der Waals surface area contributed by atoms with Gasteiger partial charge in [0, 0.05) is 18.0 Å². The van der Waals surface area contributed by atoms with Gasteiger partial charge in [0.2, 0.25) is 0 Å². The summed E-state index contributed by atoms with van der Waals surface area (Å²) in [5, 5.41) is 3.80. The van der Waals surface area contributed by atoms with E-state index in [9.17, 15) is 17.6 Å². The lowest BCUT2D eigenvalue weighted by atomic mass is 10.2. The number of nitrogens with zero attached hydrogens (tertiary/aromatic N) is 3. The number of nitrogens with one attached hydrogen (secondary N) is 1. The average molecular weight is 426 g/mol. The van der Waals surface area contributed by atoms with E-state index < -0.39 is 28.3 Å². The summed E-state index contributed by atoms with van der Waals surface area (Å²) in [6.45, 7) is 1.17. The predicted octanol–water partition coefficient (Wildman–Crippen LogP) is 2.87. The van der Waals surface area contributed by atoms with Crippen LogP contribution < -0.4 is 9.73 Å². The zero-order valence-corrected chi connectivity index (χ0v) is 16.9. The molecule has 1 heterocycles. The van der Waals surface area contributed by atoms with E-state index in [4.69, 9.17) is 0 Å². The summed E-state index contributed by atoms with van der Waals surface area (Å²) < 4.78 is 41.4. The third kappa shape index (κ3) is 5.06. The van der Waals surface area contributed by atoms with Crippen LogP contribution in [-0.4, -0.2) is 32.1 Å². The Hall–Kier alpha value is -3.59. The number of hydrazone groups is 1. The van der Waals surface area contributed by atoms with Gasteiger partial charge in [0.25, 0.3) is 15.9 Å². The summed E-state index contributed by atoms with van der Waals surface area (Å²) >= 11 is 0. The van der Waals surface area contributed by atoms with Crippen LogP contribution in [0.5, 0.6) is 0 Å². The lowest BCUT2D eigenvalue weighted by molar-refractivity contribution is -0.119. The highest BCUT2D eigenvalue weighted by molar-refractivity contribution is 7.92. The van der Waals surface area contributed by atoms with Crippen LogP contribution in [0.4, 0.5) is 10.1 Å². The number of para-hydroxylation sites is 1. The maximum Gasteiger partial charge on any atom is 0.264 e. The van der Waals surface area contributed by atoms with Crippen molar-refractivity contribution in [3.63, 3.8) is 0 Å². The molecule has 1 amide bonds. The number of carbonyl (C=O) groups is 1. The summed E-state index contributed by atoms with van der Waals surface area (Å²) in [4.78, 5) is 16.3. The average Bonchev–Trinajstić information content (AvgIpc) is 2.74. The van der Waals surface area contributed by atoms with Crippen LogP contribution in [0.3, 0.4) is 0 Å². The van der Waals surface area contributed by atoms with Gasteiger partial charge in [0.15, 0.2) is 0 Å². The van der Waals surface area contributed by atoms with Crippen LogP contribution in [0.1, 0.15) is 11.1 Å². The Morgan fingerprint density at radius 3 is 2.53 bits per heavy atom. The Balaban J connectivity index is 1.87. The van der Waals surface area contributed by atoms with Crippen molar-refractivity contribution < 1.29 is 17.6 Å². The van der Waals surface area contributed by atoms with Gasteiger partial charge in [-0.05, 0) is 37.3 Å². The van der Waals surface area contributed by atoms with Gasteiger partial charge in [-0.25, -0.2) is 18.2 Å². The van der Waals surface area contributed by atoms with E-state index in [0.29, 0.717) is 5.56 Å². The Labute approximate surface area is 173 Å². The predicted molar refractivity (Wildman–Crippen MR) is 112 cm³/mol. The highest BCUT2D eigenvalue weighted by Crippen LogP contribution is 2.26. The van der Waals surface area contributed by atoms with Crippen LogP contribution in [0.15, 0.2) is 83.1 Å². The Bertz CT molecular complexity index is 1150. The third-order valence-electron chi connectivity index (χ3n) is 4.10. The number of rotatable bonds is 7. The number of hydrogen-bond acceptors (Lipinski definition) is 5. The van der Waals surface area contributed by atoms with Crippen molar-refractivity contribution in [2.45, 2.75) is 11.8 Å². The number of anilines is 1. The SMILES string of the molecule is Cc1ccc(S(=O)(=O)N(CC(=O)N/N=C/c2cccnc2)c2ccccc2F)cc1. The normalized spacial score (nSPS) is 11.4. The topological polar surface area (TPSA) is 91.7 Å². The molecule has 2 aromatic carbocycles. The fourth-order valence-corrected chi connectivity index (χ4v) is 4.02. The smallest absolute Gasteiger partial charge is 0.264 e. The van der Waals surface area contributed by atoms with Crippen LogP contribution in [0.2, 0.25) is 0 Å². The summed E-state index contributed by atoms with van der Waals surface area (Å²) in [6.07, 6.45) is 4.51. The zero-order chi connectivity index (χ0) is 21.6. The number of carbonyl (C=O) groups excluding carboxylic acids is 1. The molecule has 3 rings (SSSR count). The highest BCUT2D eigenvalue weighted by Gasteiger charge is 2.29. The van der Waals surface area contributed by atoms with Gasteiger partial charge >= 0.3 is 0 Å². The number of sulfonamides is 1. The van der Waals surface area contributed by atoms with E-state index in [0.717, 1.165) is 15.9 Å². The summed E-state index contributed by atoms with van der Waals surface area (Å²) in [5.41, 5.74) is 3.54. The van der Waals surface area contributed by atoms with Gasteiger partial charge in [0.05, 0.1) is 16.8 Å². The molecule has 0 spiro atoms. The van der Waals surface area contributed by atoms with Crippen LogP contribution in [0.25, 0.3) is 0 Å². The number of hydrogen-bond donors (Lipinski definition) is 1. The number of benzene rings is 2. The minimum absolute atomic E-state index is 0.0528. The summed E-state index contributed by atoms with van der Waals surface area (Å²) in [5.74, 6) is -1.49. The fraction of sp³-hybridized carbons (Fsp3) is 0.0952. The van der Waals surface area contributed by atoms with Crippen molar-refractivity contribution in [1.82, 2.24) is 10.4 Å². The molecular formula is C21H19FN4O3S. The lowest BCUT2D eigenvalue weighted by Gasteiger charge is -2.24. The molecular weight excluding hydrogens is 407 g/mol. The first-order valence-electron chi connectivity index (χ1n) is 8.94. The highest BCUT2D eigenvalue weighted by atomic mass is 32.2. The first kappa shape index (κ1) is 21.1. The fourth-order valence-electron chi connectivity index (χ4n) is 2.59. The molecule has 0 radical (unpaired) electrons. The zero-order valence-electron chi connectivity index (χ0n) is 16.1. The first-order valence-corrected chi connectivity index (χ1v) is 10.4. The number of aryl methyl sites for hydroxylation is 1. The van der Waals surface area contributed by atoms with E-state index in [1.807, 2.05) is 6.92 Å². The molecule has 0 atom stereocenters. The molecule has 30 heavy (non-hydrogen) atoms. The first-order chi connectivity index (χ1) is 14.4. The van der Waals surface area contributed by atoms with E-state index in [1.54, 1.807) is 36.7 Å². The molecule has 7 nitrogen and oxygen atoms in total. The third-order valence-corrected chi connectivity index (χ3v) is 5.88. The minimum atomic E-state index is -4.20. The second kappa shape index (κ2) is 9.27. The van der Waals surface area contributed by atoms with Crippen LogP contribution in [0, 0.1) is 12.7 Å². The summed E-state index contributed by atoms with van der Waals surface area (Å²) in [6, 6.07) is 14.9. The lowest BCUT2D eigenvalue weighted by Crippen LogP contribution is -2.40. The van der Waals surface area contributed by atoms with Gasteiger partial charge in [-0.1, -0.05) is 35.9 Å². The maximum atomic E-state index is 14.4. The molecule has 0 saturated heterocycles. The Morgan fingerprint density at radius 2 is 1.87 bits per heavy atom. The summed E-state index contributed by atoms with van der Waals surface area (Å²) in [7, 11) is -4.20. The van der Waals surface area contributed by atoms with Gasteiger partial charge in [-0.3, -0.25) is 14.1 Å². The molecule has 1 aromatic heterocycles. The number of halogens is 1. The molecule has 0 aliphatic rings. The standard InChI is InChI=1S/C21H19FN4O3S/c1-16-8-10-18(11-9-16)30(28,29)26(20-7-3-2-6-19(20)22)15-21(27)25-24-14-17-5-4-12-23-13-17/h2-14H,15H2,1H3,(H,25,27)/b24-14+. The Kier molecular flexibility index (Phi) is 6.53. The van der Waals surface area contributed by atoms with Gasteiger partial charge in [0.1, 0.15) is 12.4 Å².